The van der Waals surface area contributed by atoms with Gasteiger partial charge >= 0.3 is 0 Å². The Bertz CT molecular complexity index is 692. The standard InChI is InChI=1S/C19H29N3O3S/c1-17(20-11-7-2-3-8-12-20)19(23)21-13-15-22(16-14-21)26(24,25)18-9-5-4-6-10-18/h4-6,9-10,17H,2-3,7-8,11-16H2,1H3. The molecule has 6 nitrogen and oxygen atoms in total. The van der Waals surface area contributed by atoms with Gasteiger partial charge in [0.05, 0.1) is 10.9 Å². The molecular weight excluding hydrogens is 350 g/mol. The second-order valence-corrected chi connectivity index (χ2v) is 9.11. The van der Waals surface area contributed by atoms with E-state index in [9.17, 15) is 13.2 Å². The van der Waals surface area contributed by atoms with Crippen molar-refractivity contribution in [1.29, 1.82) is 0 Å². The molecule has 26 heavy (non-hydrogen) atoms. The van der Waals surface area contributed by atoms with Crippen molar-refractivity contribution in [2.45, 2.75) is 43.5 Å². The summed E-state index contributed by atoms with van der Waals surface area (Å²) in [6.45, 7) is 5.59. The molecule has 0 spiro atoms. The first kappa shape index (κ1) is 19.3. The Labute approximate surface area is 156 Å². The molecule has 0 bridgehead atoms. The van der Waals surface area contributed by atoms with E-state index in [1.807, 2.05) is 11.8 Å². The quantitative estimate of drug-likeness (QED) is 0.800. The minimum absolute atomic E-state index is 0.120. The molecule has 0 aliphatic carbocycles. The van der Waals surface area contributed by atoms with Crippen molar-refractivity contribution in [3.05, 3.63) is 30.3 Å². The molecule has 0 radical (unpaired) electrons. The fraction of sp³-hybridized carbons (Fsp3) is 0.632. The molecule has 1 unspecified atom stereocenters. The third-order valence-electron chi connectivity index (χ3n) is 5.48. The molecule has 7 heteroatoms. The van der Waals surface area contributed by atoms with Gasteiger partial charge in [-0.3, -0.25) is 9.69 Å². The van der Waals surface area contributed by atoms with E-state index in [-0.39, 0.29) is 11.9 Å². The summed E-state index contributed by atoms with van der Waals surface area (Å²) in [5.41, 5.74) is 0. The molecule has 2 aliphatic heterocycles. The van der Waals surface area contributed by atoms with Gasteiger partial charge in [0.2, 0.25) is 15.9 Å². The number of amides is 1. The zero-order valence-electron chi connectivity index (χ0n) is 15.5. The van der Waals surface area contributed by atoms with Gasteiger partial charge in [0.1, 0.15) is 0 Å². The molecule has 0 aromatic heterocycles. The van der Waals surface area contributed by atoms with Crippen LogP contribution in [-0.2, 0) is 14.8 Å². The highest BCUT2D eigenvalue weighted by Crippen LogP contribution is 2.19. The summed E-state index contributed by atoms with van der Waals surface area (Å²) in [5.74, 6) is 0.128. The lowest BCUT2D eigenvalue weighted by Crippen LogP contribution is -2.55. The monoisotopic (exact) mass is 379 g/mol. The molecule has 144 valence electrons. The largest absolute Gasteiger partial charge is 0.339 e. The highest BCUT2D eigenvalue weighted by Gasteiger charge is 2.32. The van der Waals surface area contributed by atoms with Crippen LogP contribution >= 0.6 is 0 Å². The first-order valence-electron chi connectivity index (χ1n) is 9.58. The normalized spacial score (nSPS) is 22.0. The van der Waals surface area contributed by atoms with Gasteiger partial charge in [-0.1, -0.05) is 31.0 Å². The number of carbonyl (C=O) groups is 1. The van der Waals surface area contributed by atoms with E-state index in [0.29, 0.717) is 31.1 Å². The number of sulfonamides is 1. The van der Waals surface area contributed by atoms with Gasteiger partial charge in [0.15, 0.2) is 0 Å². The van der Waals surface area contributed by atoms with Crippen LogP contribution in [0.1, 0.15) is 32.6 Å². The fourth-order valence-electron chi connectivity index (χ4n) is 3.79. The first-order chi connectivity index (χ1) is 12.5. The number of hydrogen-bond acceptors (Lipinski definition) is 4. The van der Waals surface area contributed by atoms with E-state index in [1.165, 1.54) is 17.1 Å². The first-order valence-corrected chi connectivity index (χ1v) is 11.0. The van der Waals surface area contributed by atoms with E-state index in [1.54, 1.807) is 30.3 Å². The average molecular weight is 380 g/mol. The number of likely N-dealkylation sites (tertiary alicyclic amines) is 1. The number of carbonyl (C=O) groups excluding carboxylic acids is 1. The maximum Gasteiger partial charge on any atom is 0.243 e. The summed E-state index contributed by atoms with van der Waals surface area (Å²) < 4.78 is 26.9. The second kappa shape index (κ2) is 8.50. The van der Waals surface area contributed by atoms with Crippen molar-refractivity contribution < 1.29 is 13.2 Å². The maximum absolute atomic E-state index is 12.9. The zero-order chi connectivity index (χ0) is 18.6. The molecule has 1 amide bonds. The Hall–Kier alpha value is -1.44. The van der Waals surface area contributed by atoms with Crippen molar-refractivity contribution in [2.24, 2.45) is 0 Å². The summed E-state index contributed by atoms with van der Waals surface area (Å²) in [6.07, 6.45) is 4.79. The van der Waals surface area contributed by atoms with Crippen LogP contribution in [0.25, 0.3) is 0 Å². The van der Waals surface area contributed by atoms with Crippen LogP contribution < -0.4 is 0 Å². The van der Waals surface area contributed by atoms with Crippen molar-refractivity contribution in [1.82, 2.24) is 14.1 Å². The van der Waals surface area contributed by atoms with Gasteiger partial charge in [0, 0.05) is 26.2 Å². The lowest BCUT2D eigenvalue weighted by Gasteiger charge is -2.37. The number of nitrogens with zero attached hydrogens (tertiary/aromatic N) is 3. The van der Waals surface area contributed by atoms with Crippen LogP contribution in [0.2, 0.25) is 0 Å². The zero-order valence-corrected chi connectivity index (χ0v) is 16.3. The van der Waals surface area contributed by atoms with E-state index < -0.39 is 10.0 Å². The maximum atomic E-state index is 12.9. The van der Waals surface area contributed by atoms with E-state index in [0.717, 1.165) is 25.9 Å². The molecule has 2 heterocycles. The Morgan fingerprint density at radius 2 is 1.46 bits per heavy atom. The molecule has 1 atom stereocenters. The molecule has 3 rings (SSSR count). The minimum atomic E-state index is -3.47. The van der Waals surface area contributed by atoms with E-state index in [2.05, 4.69) is 4.90 Å². The van der Waals surface area contributed by atoms with Crippen LogP contribution in [0.4, 0.5) is 0 Å². The number of piperazine rings is 1. The van der Waals surface area contributed by atoms with Crippen molar-refractivity contribution in [3.8, 4) is 0 Å². The van der Waals surface area contributed by atoms with Crippen molar-refractivity contribution in [3.63, 3.8) is 0 Å². The van der Waals surface area contributed by atoms with Gasteiger partial charge in [-0.2, -0.15) is 4.31 Å². The smallest absolute Gasteiger partial charge is 0.243 e. The topological polar surface area (TPSA) is 60.9 Å². The molecule has 2 aliphatic rings. The van der Waals surface area contributed by atoms with Gasteiger partial charge in [-0.25, -0.2) is 8.42 Å². The summed E-state index contributed by atoms with van der Waals surface area (Å²) in [7, 11) is -3.47. The molecule has 1 aromatic rings. The van der Waals surface area contributed by atoms with Gasteiger partial charge in [-0.15, -0.1) is 0 Å². The fourth-order valence-corrected chi connectivity index (χ4v) is 5.24. The third-order valence-corrected chi connectivity index (χ3v) is 7.39. The predicted molar refractivity (Wildman–Crippen MR) is 101 cm³/mol. The van der Waals surface area contributed by atoms with Crippen molar-refractivity contribution in [2.75, 3.05) is 39.3 Å². The van der Waals surface area contributed by atoms with Crippen LogP contribution in [0.3, 0.4) is 0 Å². The van der Waals surface area contributed by atoms with Crippen LogP contribution in [0, 0.1) is 0 Å². The Balaban J connectivity index is 1.58. The molecule has 1 aromatic carbocycles. The van der Waals surface area contributed by atoms with Gasteiger partial charge in [0.25, 0.3) is 0 Å². The summed E-state index contributed by atoms with van der Waals surface area (Å²) in [6, 6.07) is 8.39. The van der Waals surface area contributed by atoms with Crippen molar-refractivity contribution >= 4 is 15.9 Å². The van der Waals surface area contributed by atoms with Gasteiger partial charge in [-0.05, 0) is 45.0 Å². The number of hydrogen-bond donors (Lipinski definition) is 0. The minimum Gasteiger partial charge on any atom is -0.339 e. The molecule has 0 N–H and O–H groups in total. The third kappa shape index (κ3) is 4.27. The van der Waals surface area contributed by atoms with E-state index >= 15 is 0 Å². The molecule has 2 saturated heterocycles. The summed E-state index contributed by atoms with van der Waals surface area (Å²) >= 11 is 0. The highest BCUT2D eigenvalue weighted by atomic mass is 32.2. The predicted octanol–water partition coefficient (Wildman–Crippen LogP) is 1.78. The molecule has 0 saturated carbocycles. The average Bonchev–Trinajstić information content (AvgIpc) is 2.97. The number of rotatable bonds is 4. The Kier molecular flexibility index (Phi) is 6.32. The Morgan fingerprint density at radius 3 is 2.04 bits per heavy atom. The van der Waals surface area contributed by atoms with Gasteiger partial charge < -0.3 is 4.90 Å². The van der Waals surface area contributed by atoms with Crippen LogP contribution in [-0.4, -0.2) is 73.7 Å². The summed E-state index contributed by atoms with van der Waals surface area (Å²) in [5, 5.41) is 0. The summed E-state index contributed by atoms with van der Waals surface area (Å²) in [4.78, 5) is 17.3. The second-order valence-electron chi connectivity index (χ2n) is 7.17. The molecule has 2 fully saturated rings. The van der Waals surface area contributed by atoms with Crippen LogP contribution in [0.5, 0.6) is 0 Å². The Morgan fingerprint density at radius 1 is 0.885 bits per heavy atom. The SMILES string of the molecule is CC(C(=O)N1CCN(S(=O)(=O)c2ccccc2)CC1)N1CCCCCC1. The number of benzene rings is 1. The lowest BCUT2D eigenvalue weighted by atomic mass is 10.2. The van der Waals surface area contributed by atoms with Crippen LogP contribution in [0.15, 0.2) is 35.2 Å². The highest BCUT2D eigenvalue weighted by molar-refractivity contribution is 7.89. The lowest BCUT2D eigenvalue weighted by molar-refractivity contribution is -0.137. The molecular formula is C19H29N3O3S. The van der Waals surface area contributed by atoms with E-state index in [4.69, 9.17) is 0 Å².